The summed E-state index contributed by atoms with van der Waals surface area (Å²) in [6.45, 7) is 7.24. The lowest BCUT2D eigenvalue weighted by Gasteiger charge is -2.11. The van der Waals surface area contributed by atoms with Crippen molar-refractivity contribution >= 4 is 25.6 Å². The Morgan fingerprint density at radius 2 is 2.07 bits per heavy atom. The third kappa shape index (κ3) is 2.76. The Labute approximate surface area is 92.7 Å². The molecule has 0 N–H and O–H groups in total. The third-order valence-electron chi connectivity index (χ3n) is 2.07. The monoisotopic (exact) mass is 227 g/mol. The molecule has 0 heterocycles. The van der Waals surface area contributed by atoms with Gasteiger partial charge in [-0.2, -0.15) is 0 Å². The zero-order valence-electron chi connectivity index (χ0n) is 8.93. The summed E-state index contributed by atoms with van der Waals surface area (Å²) < 4.78 is 5.44. The quantitative estimate of drug-likeness (QED) is 0.568. The van der Waals surface area contributed by atoms with Crippen molar-refractivity contribution in [1.82, 2.24) is 0 Å². The molecular weight excluding hydrogens is 212 g/mol. The maximum absolute atomic E-state index is 5.91. The molecule has 1 radical (unpaired) electrons. The third-order valence-corrected chi connectivity index (χ3v) is 3.92. The summed E-state index contributed by atoms with van der Waals surface area (Å²) in [5.74, 6) is 1.50. The molecule has 77 valence electrons. The number of ether oxygens (including phenoxy) is 1. The molecule has 1 aromatic carbocycles. The maximum atomic E-state index is 5.91. The van der Waals surface area contributed by atoms with Crippen LogP contribution in [-0.4, -0.2) is 15.4 Å². The van der Waals surface area contributed by atoms with Gasteiger partial charge in [0.05, 0.1) is 15.4 Å². The van der Waals surface area contributed by atoms with Gasteiger partial charge >= 0.3 is 0 Å². The minimum atomic E-state index is -0.425. The Morgan fingerprint density at radius 1 is 1.36 bits per heavy atom. The number of alkyl halides is 1. The van der Waals surface area contributed by atoms with Gasteiger partial charge in [-0.1, -0.05) is 24.3 Å². The topological polar surface area (TPSA) is 9.23 Å². The van der Waals surface area contributed by atoms with Gasteiger partial charge in [-0.3, -0.25) is 0 Å². The number of rotatable bonds is 4. The molecular formula is C11H16ClOSi. The van der Waals surface area contributed by atoms with Crippen LogP contribution in [0.3, 0.4) is 0 Å². The van der Waals surface area contributed by atoms with E-state index in [4.69, 9.17) is 16.3 Å². The highest BCUT2D eigenvalue weighted by atomic mass is 35.5. The largest absolute Gasteiger partial charge is 0.494 e. The number of hydrogen-bond donors (Lipinski definition) is 0. The summed E-state index contributed by atoms with van der Waals surface area (Å²) in [7, 11) is -0.425. The van der Waals surface area contributed by atoms with E-state index in [1.165, 1.54) is 10.8 Å². The van der Waals surface area contributed by atoms with E-state index in [2.05, 4.69) is 25.2 Å². The fourth-order valence-corrected chi connectivity index (χ4v) is 2.98. The molecule has 0 unspecified atom stereocenters. The van der Waals surface area contributed by atoms with E-state index >= 15 is 0 Å². The van der Waals surface area contributed by atoms with E-state index in [1.54, 1.807) is 0 Å². The van der Waals surface area contributed by atoms with Crippen molar-refractivity contribution in [2.75, 3.05) is 6.61 Å². The van der Waals surface area contributed by atoms with E-state index in [1.807, 2.05) is 13.0 Å². The number of hydrogen-bond acceptors (Lipinski definition) is 1. The molecule has 14 heavy (non-hydrogen) atoms. The van der Waals surface area contributed by atoms with Gasteiger partial charge in [-0.15, -0.1) is 11.6 Å². The van der Waals surface area contributed by atoms with Gasteiger partial charge in [-0.25, -0.2) is 0 Å². The summed E-state index contributed by atoms with van der Waals surface area (Å²) in [4.78, 5) is 0. The smallest absolute Gasteiger partial charge is 0.119 e. The molecule has 3 heteroatoms. The highest BCUT2D eigenvalue weighted by molar-refractivity contribution is 6.71. The first-order chi connectivity index (χ1) is 6.69. The fraction of sp³-hybridized carbons (Fsp3) is 0.455. The second kappa shape index (κ2) is 5.42. The zero-order valence-corrected chi connectivity index (χ0v) is 10.7. The van der Waals surface area contributed by atoms with Crippen molar-refractivity contribution < 1.29 is 4.74 Å². The minimum absolute atomic E-state index is 0.425. The van der Waals surface area contributed by atoms with Gasteiger partial charge in [0.2, 0.25) is 0 Å². The first-order valence-corrected chi connectivity index (χ1v) is 7.84. The van der Waals surface area contributed by atoms with Crippen LogP contribution in [0.25, 0.3) is 0 Å². The first-order valence-electron chi connectivity index (χ1n) is 4.81. The molecule has 0 fully saturated rings. The van der Waals surface area contributed by atoms with Crippen LogP contribution in [0.15, 0.2) is 18.2 Å². The molecule has 0 aliphatic rings. The van der Waals surface area contributed by atoms with E-state index in [0.29, 0.717) is 12.5 Å². The summed E-state index contributed by atoms with van der Waals surface area (Å²) in [5, 5.41) is 1.41. The average molecular weight is 228 g/mol. The molecule has 0 bridgehead atoms. The molecule has 0 spiro atoms. The van der Waals surface area contributed by atoms with Crippen molar-refractivity contribution in [3.8, 4) is 5.75 Å². The molecule has 0 amide bonds. The van der Waals surface area contributed by atoms with E-state index in [0.717, 1.165) is 5.75 Å². The maximum Gasteiger partial charge on any atom is 0.119 e. The van der Waals surface area contributed by atoms with Gasteiger partial charge in [0.1, 0.15) is 5.75 Å². The van der Waals surface area contributed by atoms with Gasteiger partial charge in [-0.05, 0) is 24.6 Å². The standard InChI is InChI=1S/C11H16ClOSi/c1-4-13-10-5-6-11(14(2)3)9(7-10)8-12/h5-7H,4,8H2,1-3H3. The molecule has 1 nitrogen and oxygen atoms in total. The minimum Gasteiger partial charge on any atom is -0.494 e. The van der Waals surface area contributed by atoms with Gasteiger partial charge < -0.3 is 4.74 Å². The van der Waals surface area contributed by atoms with Crippen LogP contribution >= 0.6 is 11.6 Å². The van der Waals surface area contributed by atoms with E-state index in [-0.39, 0.29) is 0 Å². The Bertz CT molecular complexity index is 299. The van der Waals surface area contributed by atoms with E-state index in [9.17, 15) is 0 Å². The zero-order chi connectivity index (χ0) is 10.6. The van der Waals surface area contributed by atoms with Crippen LogP contribution in [0.5, 0.6) is 5.75 Å². The van der Waals surface area contributed by atoms with Crippen LogP contribution < -0.4 is 9.92 Å². The van der Waals surface area contributed by atoms with E-state index < -0.39 is 8.80 Å². The van der Waals surface area contributed by atoms with Crippen LogP contribution in [0.1, 0.15) is 12.5 Å². The number of benzene rings is 1. The van der Waals surface area contributed by atoms with Crippen molar-refractivity contribution in [2.24, 2.45) is 0 Å². The summed E-state index contributed by atoms with van der Waals surface area (Å²) in [6, 6.07) is 6.24. The highest BCUT2D eigenvalue weighted by Gasteiger charge is 2.08. The lowest BCUT2D eigenvalue weighted by molar-refractivity contribution is 0.340. The predicted molar refractivity (Wildman–Crippen MR) is 64.3 cm³/mol. The fourth-order valence-electron chi connectivity index (χ4n) is 1.42. The molecule has 0 aliphatic heterocycles. The van der Waals surface area contributed by atoms with Crippen molar-refractivity contribution in [3.05, 3.63) is 23.8 Å². The van der Waals surface area contributed by atoms with Crippen LogP contribution in [0, 0.1) is 0 Å². The second-order valence-electron chi connectivity index (χ2n) is 3.39. The summed E-state index contributed by atoms with van der Waals surface area (Å²) >= 11 is 5.91. The first kappa shape index (κ1) is 11.6. The summed E-state index contributed by atoms with van der Waals surface area (Å²) in [5.41, 5.74) is 1.22. The SMILES string of the molecule is CCOc1ccc([Si](C)C)c(CCl)c1. The number of halogens is 1. The Morgan fingerprint density at radius 3 is 2.57 bits per heavy atom. The molecule has 0 aromatic heterocycles. The molecule has 0 aliphatic carbocycles. The average Bonchev–Trinajstić information content (AvgIpc) is 2.17. The molecule has 1 aromatic rings. The van der Waals surface area contributed by atoms with Gasteiger partial charge in [0.15, 0.2) is 0 Å². The lowest BCUT2D eigenvalue weighted by atomic mass is 10.2. The molecule has 0 saturated carbocycles. The van der Waals surface area contributed by atoms with Crippen molar-refractivity contribution in [3.63, 3.8) is 0 Å². The van der Waals surface area contributed by atoms with Crippen LogP contribution in [0.4, 0.5) is 0 Å². The Balaban J connectivity index is 2.99. The molecule has 0 atom stereocenters. The van der Waals surface area contributed by atoms with Crippen LogP contribution in [-0.2, 0) is 5.88 Å². The predicted octanol–water partition coefficient (Wildman–Crippen LogP) is 2.79. The molecule has 0 saturated heterocycles. The lowest BCUT2D eigenvalue weighted by Crippen LogP contribution is -2.26. The van der Waals surface area contributed by atoms with Gasteiger partial charge in [0.25, 0.3) is 0 Å². The second-order valence-corrected chi connectivity index (χ2v) is 6.19. The van der Waals surface area contributed by atoms with Crippen LogP contribution in [0.2, 0.25) is 13.1 Å². The molecule has 1 rings (SSSR count). The highest BCUT2D eigenvalue weighted by Crippen LogP contribution is 2.14. The van der Waals surface area contributed by atoms with Gasteiger partial charge in [0, 0.05) is 5.88 Å². The Kier molecular flexibility index (Phi) is 4.49. The summed E-state index contributed by atoms with van der Waals surface area (Å²) in [6.07, 6.45) is 0. The van der Waals surface area contributed by atoms with Crippen molar-refractivity contribution in [1.29, 1.82) is 0 Å². The van der Waals surface area contributed by atoms with Crippen molar-refractivity contribution in [2.45, 2.75) is 25.9 Å². The Hall–Kier alpha value is -0.473. The normalized spacial score (nSPS) is 10.6.